The van der Waals surface area contributed by atoms with Gasteiger partial charge in [0, 0.05) is 57.9 Å². The second-order valence-electron chi connectivity index (χ2n) is 8.26. The molecule has 7 nitrogen and oxygen atoms in total. The van der Waals surface area contributed by atoms with Crippen molar-refractivity contribution in [1.82, 2.24) is 15.1 Å². The number of carbonyl (C=O) groups excluding carboxylic acids is 2. The van der Waals surface area contributed by atoms with Crippen LogP contribution in [-0.4, -0.2) is 75.2 Å². The molecule has 0 saturated carbocycles. The van der Waals surface area contributed by atoms with Gasteiger partial charge >= 0.3 is 6.03 Å². The van der Waals surface area contributed by atoms with Crippen molar-refractivity contribution >= 4 is 17.6 Å². The third-order valence-corrected chi connectivity index (χ3v) is 5.02. The van der Waals surface area contributed by atoms with E-state index in [0.717, 1.165) is 11.3 Å². The zero-order valence-electron chi connectivity index (χ0n) is 18.2. The number of hydrogen-bond donors (Lipinski definition) is 1. The van der Waals surface area contributed by atoms with Gasteiger partial charge in [0.05, 0.1) is 13.0 Å². The number of ether oxygens (including phenoxy) is 1. The average molecular weight is 391 g/mol. The maximum absolute atomic E-state index is 12.6. The molecule has 3 amide bonds. The van der Waals surface area contributed by atoms with Crippen LogP contribution in [0.15, 0.2) is 18.2 Å². The molecular weight excluding hydrogens is 356 g/mol. The molecule has 2 rings (SSSR count). The first kappa shape index (κ1) is 21.9. The maximum Gasteiger partial charge on any atom is 0.317 e. The summed E-state index contributed by atoms with van der Waals surface area (Å²) in [5, 5.41) is 2.90. The summed E-state index contributed by atoms with van der Waals surface area (Å²) >= 11 is 0. The van der Waals surface area contributed by atoms with Crippen LogP contribution >= 0.6 is 0 Å². The summed E-state index contributed by atoms with van der Waals surface area (Å²) in [5.41, 5.74) is 1.89. The van der Waals surface area contributed by atoms with E-state index in [1.165, 1.54) is 0 Å². The Hall–Kier alpha value is -2.44. The SMILES string of the molecule is CC(C)NC(=O)N(C)C[C@@H]1Oc2ccc(N(C)C)cc2CC(=O)N(C)C[C@@H]1C. The number of anilines is 1. The minimum atomic E-state index is -0.222. The van der Waals surface area contributed by atoms with Crippen molar-refractivity contribution in [3.05, 3.63) is 23.8 Å². The van der Waals surface area contributed by atoms with Crippen LogP contribution in [0.2, 0.25) is 0 Å². The predicted molar refractivity (Wildman–Crippen MR) is 112 cm³/mol. The van der Waals surface area contributed by atoms with Crippen LogP contribution in [0.3, 0.4) is 0 Å². The number of hydrogen-bond acceptors (Lipinski definition) is 4. The minimum Gasteiger partial charge on any atom is -0.488 e. The quantitative estimate of drug-likeness (QED) is 0.856. The molecule has 1 aliphatic heterocycles. The van der Waals surface area contributed by atoms with Crippen molar-refractivity contribution < 1.29 is 14.3 Å². The molecule has 1 heterocycles. The lowest BCUT2D eigenvalue weighted by Gasteiger charge is -2.31. The highest BCUT2D eigenvalue weighted by molar-refractivity contribution is 5.80. The van der Waals surface area contributed by atoms with E-state index in [4.69, 9.17) is 4.74 Å². The summed E-state index contributed by atoms with van der Waals surface area (Å²) in [5.74, 6) is 0.852. The van der Waals surface area contributed by atoms with Crippen LogP contribution in [0.1, 0.15) is 26.3 Å². The first-order valence-corrected chi connectivity index (χ1v) is 9.81. The third kappa shape index (κ3) is 5.53. The zero-order chi connectivity index (χ0) is 21.0. The van der Waals surface area contributed by atoms with Crippen molar-refractivity contribution in [1.29, 1.82) is 0 Å². The van der Waals surface area contributed by atoms with Gasteiger partial charge in [0.25, 0.3) is 0 Å². The number of rotatable bonds is 4. The molecule has 1 aromatic rings. The van der Waals surface area contributed by atoms with Crippen molar-refractivity contribution in [3.8, 4) is 5.75 Å². The summed E-state index contributed by atoms with van der Waals surface area (Å²) in [6, 6.07) is 5.86. The average Bonchev–Trinajstić information content (AvgIpc) is 2.64. The number of benzene rings is 1. The Kier molecular flexibility index (Phi) is 7.16. The topological polar surface area (TPSA) is 65.1 Å². The van der Waals surface area contributed by atoms with Gasteiger partial charge in [-0.25, -0.2) is 4.79 Å². The van der Waals surface area contributed by atoms with Gasteiger partial charge in [-0.1, -0.05) is 6.92 Å². The van der Waals surface area contributed by atoms with E-state index >= 15 is 0 Å². The summed E-state index contributed by atoms with van der Waals surface area (Å²) < 4.78 is 6.37. The van der Waals surface area contributed by atoms with E-state index in [1.54, 1.807) is 16.8 Å². The zero-order valence-corrected chi connectivity index (χ0v) is 18.2. The molecule has 0 saturated heterocycles. The molecule has 0 fully saturated rings. The maximum atomic E-state index is 12.6. The summed E-state index contributed by atoms with van der Waals surface area (Å²) in [7, 11) is 7.54. The molecule has 0 spiro atoms. The van der Waals surface area contributed by atoms with Gasteiger partial charge in [-0.15, -0.1) is 0 Å². The fourth-order valence-electron chi connectivity index (χ4n) is 3.25. The molecule has 0 bridgehead atoms. The molecule has 7 heteroatoms. The number of likely N-dealkylation sites (N-methyl/N-ethyl adjacent to an activating group) is 2. The Morgan fingerprint density at radius 3 is 2.61 bits per heavy atom. The summed E-state index contributed by atoms with van der Waals surface area (Å²) in [6.07, 6.45) is 0.0802. The highest BCUT2D eigenvalue weighted by Crippen LogP contribution is 2.29. The Bertz CT molecular complexity index is 705. The van der Waals surface area contributed by atoms with Gasteiger partial charge in [-0.05, 0) is 32.0 Å². The molecular formula is C21H34N4O3. The molecule has 28 heavy (non-hydrogen) atoms. The van der Waals surface area contributed by atoms with Gasteiger partial charge < -0.3 is 24.8 Å². The van der Waals surface area contributed by atoms with Crippen LogP contribution in [0.25, 0.3) is 0 Å². The third-order valence-electron chi connectivity index (χ3n) is 5.02. The standard InChI is InChI=1S/C21H34N4O3/c1-14(2)22-21(27)25(7)13-19-15(3)12-24(6)20(26)11-16-10-17(23(4)5)8-9-18(16)28-19/h8-10,14-15,19H,11-13H2,1-7H3,(H,22,27)/t15-,19-/m0/s1. The van der Waals surface area contributed by atoms with E-state index in [0.29, 0.717) is 25.3 Å². The molecule has 0 aliphatic carbocycles. The number of fused-ring (bicyclic) bond motifs is 1. The molecule has 2 atom stereocenters. The number of nitrogens with one attached hydrogen (secondary N) is 1. The Labute approximate surface area is 168 Å². The van der Waals surface area contributed by atoms with Crippen LogP contribution < -0.4 is 15.0 Å². The van der Waals surface area contributed by atoms with Gasteiger partial charge in [0.1, 0.15) is 11.9 Å². The lowest BCUT2D eigenvalue weighted by atomic mass is 10.0. The molecule has 0 aromatic heterocycles. The monoisotopic (exact) mass is 390 g/mol. The lowest BCUT2D eigenvalue weighted by Crippen LogP contribution is -2.48. The highest BCUT2D eigenvalue weighted by atomic mass is 16.5. The van der Waals surface area contributed by atoms with Gasteiger partial charge in [-0.2, -0.15) is 0 Å². The van der Waals surface area contributed by atoms with Crippen molar-refractivity contribution in [2.75, 3.05) is 46.2 Å². The van der Waals surface area contributed by atoms with E-state index in [-0.39, 0.29) is 30.0 Å². The predicted octanol–water partition coefficient (Wildman–Crippen LogP) is 2.20. The minimum absolute atomic E-state index is 0.0687. The van der Waals surface area contributed by atoms with E-state index in [2.05, 4.69) is 12.2 Å². The fraction of sp³-hybridized carbons (Fsp3) is 0.619. The van der Waals surface area contributed by atoms with Gasteiger partial charge in [-0.3, -0.25) is 4.79 Å². The smallest absolute Gasteiger partial charge is 0.317 e. The first-order chi connectivity index (χ1) is 13.1. The molecule has 156 valence electrons. The van der Waals surface area contributed by atoms with Crippen molar-refractivity contribution in [2.45, 2.75) is 39.3 Å². The van der Waals surface area contributed by atoms with E-state index in [1.807, 2.05) is 58.1 Å². The lowest BCUT2D eigenvalue weighted by molar-refractivity contribution is -0.129. The van der Waals surface area contributed by atoms with Crippen molar-refractivity contribution in [3.63, 3.8) is 0 Å². The van der Waals surface area contributed by atoms with Crippen LogP contribution in [0.5, 0.6) is 5.75 Å². The number of nitrogens with zero attached hydrogens (tertiary/aromatic N) is 3. The summed E-state index contributed by atoms with van der Waals surface area (Å²) in [6.45, 7) is 6.95. The second kappa shape index (κ2) is 9.17. The van der Waals surface area contributed by atoms with Gasteiger partial charge in [0.2, 0.25) is 5.91 Å². The van der Waals surface area contributed by atoms with Gasteiger partial charge in [0.15, 0.2) is 0 Å². The Morgan fingerprint density at radius 1 is 1.32 bits per heavy atom. The van der Waals surface area contributed by atoms with Crippen molar-refractivity contribution in [2.24, 2.45) is 5.92 Å². The molecule has 1 N–H and O–H groups in total. The highest BCUT2D eigenvalue weighted by Gasteiger charge is 2.29. The Balaban J connectivity index is 2.30. The molecule has 1 aliphatic rings. The molecule has 0 unspecified atom stereocenters. The second-order valence-corrected chi connectivity index (χ2v) is 8.26. The van der Waals surface area contributed by atoms with Crippen LogP contribution in [-0.2, 0) is 11.2 Å². The largest absolute Gasteiger partial charge is 0.488 e. The molecule has 1 aromatic carbocycles. The van der Waals surface area contributed by atoms with E-state index in [9.17, 15) is 9.59 Å². The molecule has 0 radical (unpaired) electrons. The van der Waals surface area contributed by atoms with E-state index < -0.39 is 0 Å². The Morgan fingerprint density at radius 2 is 2.00 bits per heavy atom. The van der Waals surface area contributed by atoms with Crippen LogP contribution in [0.4, 0.5) is 10.5 Å². The fourth-order valence-corrected chi connectivity index (χ4v) is 3.25. The van der Waals surface area contributed by atoms with Crippen LogP contribution in [0, 0.1) is 5.92 Å². The summed E-state index contributed by atoms with van der Waals surface area (Å²) in [4.78, 5) is 30.4. The number of carbonyl (C=O) groups is 2. The number of urea groups is 1. The number of amides is 3. The normalized spacial score (nSPS) is 19.9. The first-order valence-electron chi connectivity index (χ1n) is 9.81.